The van der Waals surface area contributed by atoms with E-state index in [4.69, 9.17) is 14.5 Å². The predicted octanol–water partition coefficient (Wildman–Crippen LogP) is 2.85. The Morgan fingerprint density at radius 1 is 1.30 bits per heavy atom. The minimum atomic E-state index is -0.413. The van der Waals surface area contributed by atoms with Gasteiger partial charge in [-0.15, -0.1) is 0 Å². The number of ether oxygens (including phenoxy) is 2. The highest BCUT2D eigenvalue weighted by molar-refractivity contribution is 5.60. The first-order chi connectivity index (χ1) is 13.0. The van der Waals surface area contributed by atoms with Crippen LogP contribution in [0.1, 0.15) is 19.5 Å². The molecule has 1 aliphatic rings. The number of anilines is 1. The number of aromatic nitrogens is 2. The van der Waals surface area contributed by atoms with E-state index in [2.05, 4.69) is 9.88 Å². The molecule has 0 bridgehead atoms. The normalized spacial score (nSPS) is 19.9. The van der Waals surface area contributed by atoms with Crippen LogP contribution >= 0.6 is 0 Å². The van der Waals surface area contributed by atoms with Crippen LogP contribution in [0, 0.1) is 10.1 Å². The summed E-state index contributed by atoms with van der Waals surface area (Å²) in [5.74, 6) is 1.41. The molecule has 0 N–H and O–H groups in total. The summed E-state index contributed by atoms with van der Waals surface area (Å²) < 4.78 is 11.2. The van der Waals surface area contributed by atoms with Gasteiger partial charge in [-0.2, -0.15) is 0 Å². The number of hydrogen-bond acceptors (Lipinski definition) is 7. The van der Waals surface area contributed by atoms with Gasteiger partial charge in [-0.1, -0.05) is 6.92 Å². The molecule has 3 rings (SSSR count). The van der Waals surface area contributed by atoms with Gasteiger partial charge >= 0.3 is 0 Å². The number of non-ortho nitro benzene ring substituents is 1. The van der Waals surface area contributed by atoms with Crippen LogP contribution in [0.5, 0.6) is 0 Å². The molecule has 8 nitrogen and oxygen atoms in total. The van der Waals surface area contributed by atoms with Crippen LogP contribution in [0.3, 0.4) is 0 Å². The summed E-state index contributed by atoms with van der Waals surface area (Å²) >= 11 is 0. The van der Waals surface area contributed by atoms with E-state index in [0.717, 1.165) is 30.0 Å². The number of aryl methyl sites for hydroxylation is 1. The summed E-state index contributed by atoms with van der Waals surface area (Å²) in [5, 5.41) is 10.9. The van der Waals surface area contributed by atoms with Gasteiger partial charge in [-0.25, -0.2) is 9.97 Å². The van der Waals surface area contributed by atoms with Crippen LogP contribution in [-0.4, -0.2) is 53.9 Å². The van der Waals surface area contributed by atoms with Gasteiger partial charge in [-0.05, 0) is 25.5 Å². The Hall–Kier alpha value is -2.58. The van der Waals surface area contributed by atoms with E-state index in [-0.39, 0.29) is 17.9 Å². The molecule has 2 aromatic rings. The summed E-state index contributed by atoms with van der Waals surface area (Å²) in [6, 6.07) is 8.32. The molecule has 0 spiro atoms. The lowest BCUT2D eigenvalue weighted by Gasteiger charge is -2.37. The monoisotopic (exact) mass is 372 g/mol. The van der Waals surface area contributed by atoms with Gasteiger partial charge in [0, 0.05) is 49.7 Å². The number of methoxy groups -OCH3 is 1. The Labute approximate surface area is 158 Å². The van der Waals surface area contributed by atoms with Gasteiger partial charge in [0.15, 0.2) is 5.82 Å². The largest absolute Gasteiger partial charge is 0.382 e. The summed E-state index contributed by atoms with van der Waals surface area (Å²) in [4.78, 5) is 22.0. The van der Waals surface area contributed by atoms with E-state index in [1.807, 2.05) is 19.9 Å². The van der Waals surface area contributed by atoms with Crippen molar-refractivity contribution in [1.29, 1.82) is 0 Å². The van der Waals surface area contributed by atoms with E-state index in [9.17, 15) is 10.1 Å². The summed E-state index contributed by atoms with van der Waals surface area (Å²) in [5.41, 5.74) is 1.73. The van der Waals surface area contributed by atoms with Crippen LogP contribution in [0.15, 0.2) is 30.3 Å². The Bertz CT molecular complexity index is 797. The zero-order valence-corrected chi connectivity index (χ0v) is 15.8. The molecule has 1 aromatic carbocycles. The number of benzene rings is 1. The second-order valence-corrected chi connectivity index (χ2v) is 6.63. The topological polar surface area (TPSA) is 90.6 Å². The zero-order valence-electron chi connectivity index (χ0n) is 15.8. The molecule has 144 valence electrons. The van der Waals surface area contributed by atoms with Gasteiger partial charge in [-0.3, -0.25) is 10.1 Å². The Kier molecular flexibility index (Phi) is 5.98. The Morgan fingerprint density at radius 2 is 2.04 bits per heavy atom. The van der Waals surface area contributed by atoms with Crippen molar-refractivity contribution in [1.82, 2.24) is 9.97 Å². The van der Waals surface area contributed by atoms with Crippen LogP contribution < -0.4 is 4.90 Å². The second kappa shape index (κ2) is 8.41. The third-order valence-corrected chi connectivity index (χ3v) is 4.47. The number of nitro groups is 1. The minimum Gasteiger partial charge on any atom is -0.382 e. The predicted molar refractivity (Wildman–Crippen MR) is 102 cm³/mol. The van der Waals surface area contributed by atoms with Crippen molar-refractivity contribution in [2.24, 2.45) is 0 Å². The van der Waals surface area contributed by atoms with E-state index < -0.39 is 4.92 Å². The maximum Gasteiger partial charge on any atom is 0.269 e. The lowest BCUT2D eigenvalue weighted by atomic mass is 10.1. The van der Waals surface area contributed by atoms with Gasteiger partial charge in [0.1, 0.15) is 5.82 Å². The van der Waals surface area contributed by atoms with Gasteiger partial charge in [0.05, 0.1) is 23.7 Å². The molecule has 2 unspecified atom stereocenters. The SMILES string of the molecule is CCc1cc(N2CC(C)OC(COC)C2)nc(-c2ccc([N+](=O)[O-])cc2)n1. The van der Waals surface area contributed by atoms with Gasteiger partial charge in [0.25, 0.3) is 5.69 Å². The van der Waals surface area contributed by atoms with E-state index in [0.29, 0.717) is 19.0 Å². The average molecular weight is 372 g/mol. The molecule has 27 heavy (non-hydrogen) atoms. The number of hydrogen-bond donors (Lipinski definition) is 0. The van der Waals surface area contributed by atoms with Crippen molar-refractivity contribution in [2.75, 3.05) is 31.7 Å². The molecule has 2 heterocycles. The number of rotatable bonds is 6. The molecule has 1 aromatic heterocycles. The molecule has 0 saturated carbocycles. The Balaban J connectivity index is 1.92. The standard InChI is InChI=1S/C19H24N4O4/c1-4-15-9-18(22-10-13(2)27-17(11-22)12-26-3)21-19(20-15)14-5-7-16(8-6-14)23(24)25/h5-9,13,17H,4,10-12H2,1-3H3. The highest BCUT2D eigenvalue weighted by Crippen LogP contribution is 2.25. The molecule has 1 aliphatic heterocycles. The third kappa shape index (κ3) is 4.58. The molecule has 8 heteroatoms. The van der Waals surface area contributed by atoms with Crippen molar-refractivity contribution < 1.29 is 14.4 Å². The molecule has 2 atom stereocenters. The van der Waals surface area contributed by atoms with Crippen molar-refractivity contribution in [2.45, 2.75) is 32.5 Å². The summed E-state index contributed by atoms with van der Waals surface area (Å²) in [7, 11) is 1.67. The molecule has 0 aliphatic carbocycles. The first-order valence-corrected chi connectivity index (χ1v) is 9.02. The van der Waals surface area contributed by atoms with Crippen LogP contribution in [0.2, 0.25) is 0 Å². The fourth-order valence-electron chi connectivity index (χ4n) is 3.20. The number of morpholine rings is 1. The fourth-order valence-corrected chi connectivity index (χ4v) is 3.20. The maximum atomic E-state index is 10.9. The fraction of sp³-hybridized carbons (Fsp3) is 0.474. The van der Waals surface area contributed by atoms with Crippen LogP contribution in [-0.2, 0) is 15.9 Å². The van der Waals surface area contributed by atoms with Crippen molar-refractivity contribution in [3.8, 4) is 11.4 Å². The molecule has 0 radical (unpaired) electrons. The Morgan fingerprint density at radius 3 is 2.67 bits per heavy atom. The highest BCUT2D eigenvalue weighted by atomic mass is 16.6. The quantitative estimate of drug-likeness (QED) is 0.569. The molecule has 1 saturated heterocycles. The van der Waals surface area contributed by atoms with Crippen molar-refractivity contribution >= 4 is 11.5 Å². The van der Waals surface area contributed by atoms with Gasteiger partial charge < -0.3 is 14.4 Å². The first kappa shape index (κ1) is 19.2. The zero-order chi connectivity index (χ0) is 19.4. The van der Waals surface area contributed by atoms with Gasteiger partial charge in [0.2, 0.25) is 0 Å². The van der Waals surface area contributed by atoms with E-state index >= 15 is 0 Å². The second-order valence-electron chi connectivity index (χ2n) is 6.63. The molecule has 1 fully saturated rings. The maximum absolute atomic E-state index is 10.9. The van der Waals surface area contributed by atoms with Crippen LogP contribution in [0.4, 0.5) is 11.5 Å². The smallest absolute Gasteiger partial charge is 0.269 e. The summed E-state index contributed by atoms with van der Waals surface area (Å²) in [6.45, 7) is 6.04. The average Bonchev–Trinajstić information content (AvgIpc) is 2.67. The minimum absolute atomic E-state index is 0.0124. The molecule has 0 amide bonds. The summed E-state index contributed by atoms with van der Waals surface area (Å²) in [6.07, 6.45) is 0.833. The number of nitrogens with zero attached hydrogens (tertiary/aromatic N) is 4. The van der Waals surface area contributed by atoms with Crippen molar-refractivity contribution in [3.05, 3.63) is 46.1 Å². The third-order valence-electron chi connectivity index (χ3n) is 4.47. The van der Waals surface area contributed by atoms with E-state index in [1.54, 1.807) is 19.2 Å². The van der Waals surface area contributed by atoms with Crippen molar-refractivity contribution in [3.63, 3.8) is 0 Å². The van der Waals surface area contributed by atoms with E-state index in [1.165, 1.54) is 12.1 Å². The molecular weight excluding hydrogens is 348 g/mol. The lowest BCUT2D eigenvalue weighted by Crippen LogP contribution is -2.48. The van der Waals surface area contributed by atoms with Crippen LogP contribution in [0.25, 0.3) is 11.4 Å². The highest BCUT2D eigenvalue weighted by Gasteiger charge is 2.26. The first-order valence-electron chi connectivity index (χ1n) is 9.02. The lowest BCUT2D eigenvalue weighted by molar-refractivity contribution is -0.384. The number of nitro benzene ring substituents is 1. The molecular formula is C19H24N4O4.